The van der Waals surface area contributed by atoms with Gasteiger partial charge in [0.25, 0.3) is 0 Å². The summed E-state index contributed by atoms with van der Waals surface area (Å²) in [4.78, 5) is 18.4. The minimum Gasteiger partial charge on any atom is -0.476 e. The van der Waals surface area contributed by atoms with Crippen molar-refractivity contribution in [2.75, 3.05) is 0 Å². The Morgan fingerprint density at radius 2 is 2.36 bits per heavy atom. The van der Waals surface area contributed by atoms with Gasteiger partial charge >= 0.3 is 5.97 Å². The fraction of sp³-hybridized carbons (Fsp3) is 0.375. The van der Waals surface area contributed by atoms with Gasteiger partial charge in [0.2, 0.25) is 0 Å². The second kappa shape index (κ2) is 4.47. The Balaban J connectivity index is 3.00. The third kappa shape index (κ3) is 2.74. The van der Waals surface area contributed by atoms with E-state index in [1.165, 1.54) is 6.20 Å². The molecule has 0 fully saturated rings. The van der Waals surface area contributed by atoms with Crippen molar-refractivity contribution < 1.29 is 15.0 Å². The van der Waals surface area contributed by atoms with E-state index in [0.717, 1.165) is 0 Å². The molecule has 0 aliphatic heterocycles. The number of hydrogen-bond acceptors (Lipinski definition) is 4. The SMILES string of the molecule is CC(O)Cc1ncc(Br)c(C(=O)O)n1. The molecule has 0 aromatic carbocycles. The van der Waals surface area contributed by atoms with Crippen molar-refractivity contribution >= 4 is 21.9 Å². The first-order chi connectivity index (χ1) is 6.50. The Labute approximate surface area is 88.9 Å². The lowest BCUT2D eigenvalue weighted by molar-refractivity contribution is 0.0688. The lowest BCUT2D eigenvalue weighted by atomic mass is 10.2. The number of aromatic carboxylic acids is 1. The first kappa shape index (κ1) is 11.1. The molecule has 6 heteroatoms. The van der Waals surface area contributed by atoms with Gasteiger partial charge in [0, 0.05) is 12.6 Å². The van der Waals surface area contributed by atoms with Crippen LogP contribution in [-0.2, 0) is 6.42 Å². The number of halogens is 1. The summed E-state index contributed by atoms with van der Waals surface area (Å²) < 4.78 is 0.333. The van der Waals surface area contributed by atoms with Crippen molar-refractivity contribution in [1.29, 1.82) is 0 Å². The molecular weight excluding hydrogens is 252 g/mol. The van der Waals surface area contributed by atoms with Gasteiger partial charge in [0.1, 0.15) is 5.82 Å². The summed E-state index contributed by atoms with van der Waals surface area (Å²) in [6.07, 6.45) is 1.03. The topological polar surface area (TPSA) is 83.3 Å². The summed E-state index contributed by atoms with van der Waals surface area (Å²) in [5, 5.41) is 17.8. The van der Waals surface area contributed by atoms with Gasteiger partial charge in [0.05, 0.1) is 10.6 Å². The second-order valence-corrected chi connectivity index (χ2v) is 3.70. The molecule has 0 amide bonds. The maximum atomic E-state index is 10.7. The first-order valence-corrected chi connectivity index (χ1v) is 4.72. The fourth-order valence-electron chi connectivity index (χ4n) is 0.916. The van der Waals surface area contributed by atoms with E-state index >= 15 is 0 Å². The van der Waals surface area contributed by atoms with Gasteiger partial charge in [-0.3, -0.25) is 0 Å². The van der Waals surface area contributed by atoms with Gasteiger partial charge in [-0.2, -0.15) is 0 Å². The molecule has 1 heterocycles. The largest absolute Gasteiger partial charge is 0.476 e. The maximum absolute atomic E-state index is 10.7. The van der Waals surface area contributed by atoms with Crippen LogP contribution in [0.4, 0.5) is 0 Å². The average molecular weight is 261 g/mol. The van der Waals surface area contributed by atoms with Gasteiger partial charge in [-0.1, -0.05) is 0 Å². The molecule has 1 unspecified atom stereocenters. The Morgan fingerprint density at radius 3 is 2.86 bits per heavy atom. The molecule has 1 aromatic rings. The average Bonchev–Trinajstić information content (AvgIpc) is 2.07. The number of aliphatic hydroxyl groups is 1. The smallest absolute Gasteiger partial charge is 0.355 e. The molecule has 0 radical (unpaired) electrons. The lowest BCUT2D eigenvalue weighted by Crippen LogP contribution is -2.11. The van der Waals surface area contributed by atoms with Crippen molar-refractivity contribution in [3.8, 4) is 0 Å². The van der Waals surface area contributed by atoms with E-state index < -0.39 is 12.1 Å². The number of carboxylic acid groups (broad SMARTS) is 1. The predicted octanol–water partition coefficient (Wildman–Crippen LogP) is 0.861. The number of hydrogen-bond donors (Lipinski definition) is 2. The van der Waals surface area contributed by atoms with E-state index in [1.807, 2.05) is 0 Å². The number of aromatic nitrogens is 2. The van der Waals surface area contributed by atoms with Gasteiger partial charge in [-0.25, -0.2) is 14.8 Å². The molecule has 14 heavy (non-hydrogen) atoms. The van der Waals surface area contributed by atoms with Crippen LogP contribution in [0.15, 0.2) is 10.7 Å². The van der Waals surface area contributed by atoms with E-state index in [9.17, 15) is 4.79 Å². The Hall–Kier alpha value is -1.01. The van der Waals surface area contributed by atoms with Crippen molar-refractivity contribution in [3.63, 3.8) is 0 Å². The maximum Gasteiger partial charge on any atom is 0.355 e. The molecule has 2 N–H and O–H groups in total. The Kier molecular flexibility index (Phi) is 3.54. The molecule has 1 rings (SSSR count). The number of carboxylic acids is 1. The van der Waals surface area contributed by atoms with Crippen molar-refractivity contribution in [1.82, 2.24) is 9.97 Å². The van der Waals surface area contributed by atoms with Crippen LogP contribution in [0.1, 0.15) is 23.2 Å². The molecule has 0 saturated heterocycles. The summed E-state index contributed by atoms with van der Waals surface area (Å²) >= 11 is 3.03. The third-order valence-corrected chi connectivity index (χ3v) is 2.05. The highest BCUT2D eigenvalue weighted by Gasteiger charge is 2.12. The van der Waals surface area contributed by atoms with Crippen molar-refractivity contribution in [3.05, 3.63) is 22.2 Å². The molecular formula is C8H9BrN2O3. The van der Waals surface area contributed by atoms with E-state index in [2.05, 4.69) is 25.9 Å². The summed E-state index contributed by atoms with van der Waals surface area (Å²) in [6.45, 7) is 1.59. The van der Waals surface area contributed by atoms with E-state index in [0.29, 0.717) is 10.3 Å². The zero-order valence-electron chi connectivity index (χ0n) is 7.44. The number of aliphatic hydroxyl groups excluding tert-OH is 1. The van der Waals surface area contributed by atoms with Crippen LogP contribution in [0, 0.1) is 0 Å². The molecule has 0 aliphatic carbocycles. The summed E-state index contributed by atoms with van der Waals surface area (Å²) in [7, 11) is 0. The monoisotopic (exact) mass is 260 g/mol. The quantitative estimate of drug-likeness (QED) is 0.843. The van der Waals surface area contributed by atoms with Crippen LogP contribution in [0.25, 0.3) is 0 Å². The van der Waals surface area contributed by atoms with Crippen LogP contribution in [-0.4, -0.2) is 32.3 Å². The van der Waals surface area contributed by atoms with Gasteiger partial charge in [-0.05, 0) is 22.9 Å². The third-order valence-electron chi connectivity index (χ3n) is 1.47. The molecule has 0 aliphatic rings. The predicted molar refractivity (Wildman–Crippen MR) is 52.1 cm³/mol. The van der Waals surface area contributed by atoms with Crippen LogP contribution in [0.3, 0.4) is 0 Å². The first-order valence-electron chi connectivity index (χ1n) is 3.93. The molecule has 0 saturated carbocycles. The van der Waals surface area contributed by atoms with Crippen LogP contribution in [0.5, 0.6) is 0 Å². The Morgan fingerprint density at radius 1 is 1.71 bits per heavy atom. The molecule has 0 spiro atoms. The van der Waals surface area contributed by atoms with Gasteiger partial charge in [-0.15, -0.1) is 0 Å². The Bertz CT molecular complexity index is 354. The summed E-state index contributed by atoms with van der Waals surface area (Å²) in [6, 6.07) is 0. The zero-order valence-corrected chi connectivity index (χ0v) is 9.02. The molecule has 0 bridgehead atoms. The van der Waals surface area contributed by atoms with Crippen LogP contribution in [0.2, 0.25) is 0 Å². The zero-order chi connectivity index (χ0) is 10.7. The van der Waals surface area contributed by atoms with Crippen molar-refractivity contribution in [2.45, 2.75) is 19.4 Å². The standard InChI is InChI=1S/C8H9BrN2O3/c1-4(12)2-6-10-3-5(9)7(11-6)8(13)14/h3-4,12H,2H2,1H3,(H,13,14). The van der Waals surface area contributed by atoms with Crippen LogP contribution >= 0.6 is 15.9 Å². The minimum atomic E-state index is -1.12. The van der Waals surface area contributed by atoms with Crippen molar-refractivity contribution in [2.24, 2.45) is 0 Å². The fourth-order valence-corrected chi connectivity index (χ4v) is 1.28. The highest BCUT2D eigenvalue weighted by Crippen LogP contribution is 2.13. The molecule has 76 valence electrons. The van der Waals surface area contributed by atoms with Crippen LogP contribution < -0.4 is 0 Å². The lowest BCUT2D eigenvalue weighted by Gasteiger charge is -2.04. The normalized spacial score (nSPS) is 12.5. The summed E-state index contributed by atoms with van der Waals surface area (Å²) in [5.74, 6) is -0.799. The molecule has 1 aromatic heterocycles. The van der Waals surface area contributed by atoms with Gasteiger partial charge in [0.15, 0.2) is 5.69 Å². The van der Waals surface area contributed by atoms with Gasteiger partial charge < -0.3 is 10.2 Å². The number of rotatable bonds is 3. The highest BCUT2D eigenvalue weighted by atomic mass is 79.9. The minimum absolute atomic E-state index is 0.0874. The second-order valence-electron chi connectivity index (χ2n) is 2.84. The van der Waals surface area contributed by atoms with E-state index in [4.69, 9.17) is 10.2 Å². The number of nitrogens with zero attached hydrogens (tertiary/aromatic N) is 2. The highest BCUT2D eigenvalue weighted by molar-refractivity contribution is 9.10. The van der Waals surface area contributed by atoms with E-state index in [1.54, 1.807) is 6.92 Å². The molecule has 1 atom stereocenters. The molecule has 5 nitrogen and oxygen atoms in total. The summed E-state index contributed by atoms with van der Waals surface area (Å²) in [5.41, 5.74) is -0.0874. The number of carbonyl (C=O) groups is 1. The van der Waals surface area contributed by atoms with E-state index in [-0.39, 0.29) is 12.1 Å².